The molecule has 4 heterocycles. The molecule has 128 valence electrons. The van der Waals surface area contributed by atoms with Crippen molar-refractivity contribution in [3.05, 3.63) is 46.8 Å². The van der Waals surface area contributed by atoms with E-state index in [-0.39, 0.29) is 0 Å². The van der Waals surface area contributed by atoms with E-state index in [0.29, 0.717) is 11.5 Å². The fraction of sp³-hybridized carbons (Fsp3) is 0.526. The van der Waals surface area contributed by atoms with Crippen LogP contribution in [-0.4, -0.2) is 42.2 Å². The number of hydrogen-bond donors (Lipinski definition) is 1. The molecule has 24 heavy (non-hydrogen) atoms. The number of likely N-dealkylation sites (tertiary alicyclic amines) is 1. The number of nitrogens with zero attached hydrogens (tertiary/aromatic N) is 2. The van der Waals surface area contributed by atoms with Crippen molar-refractivity contribution in [3.8, 4) is 0 Å². The van der Waals surface area contributed by atoms with Gasteiger partial charge in [0.2, 0.25) is 0 Å². The Bertz CT molecular complexity index is 633. The summed E-state index contributed by atoms with van der Waals surface area (Å²) in [6.07, 6.45) is 5.76. The summed E-state index contributed by atoms with van der Waals surface area (Å²) in [7, 11) is 0. The highest BCUT2D eigenvalue weighted by atomic mass is 32.1. The van der Waals surface area contributed by atoms with Gasteiger partial charge in [0.05, 0.1) is 6.10 Å². The van der Waals surface area contributed by atoms with Crippen molar-refractivity contribution >= 4 is 17.2 Å². The summed E-state index contributed by atoms with van der Waals surface area (Å²) in [6, 6.07) is 10.4. The Balaban J connectivity index is 1.38. The Hall–Kier alpha value is -1.43. The summed E-state index contributed by atoms with van der Waals surface area (Å²) in [5, 5.41) is 5.65. The lowest BCUT2D eigenvalue weighted by Gasteiger charge is -2.44. The fourth-order valence-corrected chi connectivity index (χ4v) is 4.91. The van der Waals surface area contributed by atoms with E-state index in [0.717, 1.165) is 51.4 Å². The summed E-state index contributed by atoms with van der Waals surface area (Å²) in [5.41, 5.74) is 0.303. The molecule has 4 nitrogen and oxygen atoms in total. The molecular weight excluding hydrogens is 318 g/mol. The largest absolute Gasteiger partial charge is 0.378 e. The summed E-state index contributed by atoms with van der Waals surface area (Å²) in [6.45, 7) is 5.27. The molecule has 0 amide bonds. The molecule has 0 aliphatic carbocycles. The zero-order valence-electron chi connectivity index (χ0n) is 14.0. The predicted octanol–water partition coefficient (Wildman–Crippen LogP) is 3.63. The van der Waals surface area contributed by atoms with E-state index in [2.05, 4.69) is 32.7 Å². The monoisotopic (exact) mass is 343 g/mol. The molecular formula is C19H25N3OS. The van der Waals surface area contributed by atoms with Crippen LogP contribution >= 0.6 is 11.3 Å². The maximum Gasteiger partial charge on any atom is 0.125 e. The van der Waals surface area contributed by atoms with E-state index in [4.69, 9.17) is 4.74 Å². The maximum absolute atomic E-state index is 6.08. The highest BCUT2D eigenvalue weighted by molar-refractivity contribution is 7.09. The number of anilines is 1. The lowest BCUT2D eigenvalue weighted by Crippen LogP contribution is -2.49. The Morgan fingerprint density at radius 2 is 2.33 bits per heavy atom. The van der Waals surface area contributed by atoms with Crippen LogP contribution in [0.1, 0.15) is 24.1 Å². The van der Waals surface area contributed by atoms with E-state index in [1.54, 1.807) is 0 Å². The molecule has 0 spiro atoms. The molecule has 0 radical (unpaired) electrons. The quantitative estimate of drug-likeness (QED) is 0.869. The van der Waals surface area contributed by atoms with Crippen molar-refractivity contribution in [1.82, 2.24) is 9.88 Å². The van der Waals surface area contributed by atoms with Crippen LogP contribution in [0.4, 0.5) is 5.82 Å². The lowest BCUT2D eigenvalue weighted by atomic mass is 9.74. The van der Waals surface area contributed by atoms with E-state index in [1.165, 1.54) is 11.3 Å². The number of hydrogen-bond acceptors (Lipinski definition) is 5. The van der Waals surface area contributed by atoms with Crippen molar-refractivity contribution in [2.75, 3.05) is 31.6 Å². The van der Waals surface area contributed by atoms with Crippen LogP contribution in [0.3, 0.4) is 0 Å². The summed E-state index contributed by atoms with van der Waals surface area (Å²) in [5.74, 6) is 0.968. The number of rotatable bonds is 6. The molecule has 2 fully saturated rings. The molecule has 2 saturated heterocycles. The Labute approximate surface area is 147 Å². The Kier molecular flexibility index (Phi) is 4.83. The topological polar surface area (TPSA) is 37.4 Å². The van der Waals surface area contributed by atoms with E-state index in [1.807, 2.05) is 35.7 Å². The third-order valence-electron chi connectivity index (χ3n) is 5.40. The minimum Gasteiger partial charge on any atom is -0.378 e. The lowest BCUT2D eigenvalue weighted by molar-refractivity contribution is -0.0225. The molecule has 4 rings (SSSR count). The van der Waals surface area contributed by atoms with Gasteiger partial charge >= 0.3 is 0 Å². The predicted molar refractivity (Wildman–Crippen MR) is 98.3 cm³/mol. The first-order valence-electron chi connectivity index (χ1n) is 8.85. The fourth-order valence-electron chi connectivity index (χ4n) is 4.17. The van der Waals surface area contributed by atoms with Crippen LogP contribution in [0.25, 0.3) is 0 Å². The normalized spacial score (nSPS) is 27.1. The van der Waals surface area contributed by atoms with Gasteiger partial charge in [-0.2, -0.15) is 0 Å². The molecule has 2 aliphatic rings. The molecule has 0 saturated carbocycles. The first kappa shape index (κ1) is 16.1. The van der Waals surface area contributed by atoms with E-state index in [9.17, 15) is 0 Å². The summed E-state index contributed by atoms with van der Waals surface area (Å²) >= 11 is 1.86. The Morgan fingerprint density at radius 1 is 1.33 bits per heavy atom. The molecule has 0 bridgehead atoms. The molecule has 0 unspecified atom stereocenters. The van der Waals surface area contributed by atoms with Crippen molar-refractivity contribution in [1.29, 1.82) is 0 Å². The van der Waals surface area contributed by atoms with Crippen molar-refractivity contribution in [2.45, 2.75) is 31.9 Å². The highest BCUT2D eigenvalue weighted by Gasteiger charge is 2.47. The van der Waals surface area contributed by atoms with Gasteiger partial charge in [0.1, 0.15) is 5.82 Å². The first-order chi connectivity index (χ1) is 11.8. The zero-order chi connectivity index (χ0) is 16.2. The van der Waals surface area contributed by atoms with Crippen LogP contribution in [0.5, 0.6) is 0 Å². The van der Waals surface area contributed by atoms with Crippen molar-refractivity contribution in [2.24, 2.45) is 5.41 Å². The zero-order valence-corrected chi connectivity index (χ0v) is 14.8. The number of aromatic nitrogens is 1. The second kappa shape index (κ2) is 7.21. The third-order valence-corrected chi connectivity index (χ3v) is 6.26. The number of ether oxygens (including phenoxy) is 1. The average Bonchev–Trinajstić information content (AvgIpc) is 3.25. The van der Waals surface area contributed by atoms with Gasteiger partial charge in [0, 0.05) is 49.3 Å². The Morgan fingerprint density at radius 3 is 3.17 bits per heavy atom. The molecule has 2 atom stereocenters. The van der Waals surface area contributed by atoms with Gasteiger partial charge in [-0.1, -0.05) is 12.1 Å². The van der Waals surface area contributed by atoms with Crippen LogP contribution in [0, 0.1) is 5.41 Å². The van der Waals surface area contributed by atoms with Crippen molar-refractivity contribution in [3.63, 3.8) is 0 Å². The van der Waals surface area contributed by atoms with Gasteiger partial charge in [0.15, 0.2) is 0 Å². The minimum atomic E-state index is 0.303. The maximum atomic E-state index is 6.08. The van der Waals surface area contributed by atoms with Crippen LogP contribution in [-0.2, 0) is 11.3 Å². The average molecular weight is 343 g/mol. The number of thiophene rings is 1. The summed E-state index contributed by atoms with van der Waals surface area (Å²) in [4.78, 5) is 8.45. The first-order valence-corrected chi connectivity index (χ1v) is 9.73. The second-order valence-electron chi connectivity index (χ2n) is 6.94. The van der Waals surface area contributed by atoms with E-state index >= 15 is 0 Å². The van der Waals surface area contributed by atoms with Crippen LogP contribution < -0.4 is 5.32 Å². The molecule has 1 N–H and O–H groups in total. The molecule has 2 aromatic rings. The molecule has 0 aromatic carbocycles. The van der Waals surface area contributed by atoms with Gasteiger partial charge in [0.25, 0.3) is 0 Å². The third kappa shape index (κ3) is 3.48. The SMILES string of the molecule is c1ccc(NCC[C@]23CCO[C@H]2CCN(Cc2cccs2)C3)nc1. The highest BCUT2D eigenvalue weighted by Crippen LogP contribution is 2.43. The van der Waals surface area contributed by atoms with Crippen molar-refractivity contribution < 1.29 is 4.74 Å². The second-order valence-corrected chi connectivity index (χ2v) is 7.97. The van der Waals surface area contributed by atoms with E-state index < -0.39 is 0 Å². The number of fused-ring (bicyclic) bond motifs is 1. The van der Waals surface area contributed by atoms with Crippen LogP contribution in [0.2, 0.25) is 0 Å². The standard InChI is InChI=1S/C19H25N3OS/c1-2-9-20-18(5-1)21-10-7-19-8-12-23-17(19)6-11-22(15-19)14-16-4-3-13-24-16/h1-5,9,13,17H,6-8,10-12,14-15H2,(H,20,21)/t17-,19+/m0/s1. The molecule has 5 heteroatoms. The smallest absolute Gasteiger partial charge is 0.125 e. The van der Waals surface area contributed by atoms with Crippen LogP contribution in [0.15, 0.2) is 41.9 Å². The number of piperidine rings is 1. The van der Waals surface area contributed by atoms with Gasteiger partial charge in [-0.15, -0.1) is 11.3 Å². The van der Waals surface area contributed by atoms with Gasteiger partial charge in [-0.25, -0.2) is 4.98 Å². The minimum absolute atomic E-state index is 0.303. The number of pyridine rings is 1. The van der Waals surface area contributed by atoms with Gasteiger partial charge in [-0.3, -0.25) is 4.90 Å². The van der Waals surface area contributed by atoms with Gasteiger partial charge < -0.3 is 10.1 Å². The molecule has 2 aromatic heterocycles. The number of nitrogens with one attached hydrogen (secondary N) is 1. The molecule has 2 aliphatic heterocycles. The summed E-state index contributed by atoms with van der Waals surface area (Å²) < 4.78 is 6.08. The van der Waals surface area contributed by atoms with Gasteiger partial charge in [-0.05, 0) is 42.8 Å².